The molecule has 13 heavy (non-hydrogen) atoms. The highest BCUT2D eigenvalue weighted by molar-refractivity contribution is 5.90. The van der Waals surface area contributed by atoms with Crippen LogP contribution in [-0.2, 0) is 4.79 Å². The summed E-state index contributed by atoms with van der Waals surface area (Å²) in [7, 11) is 0. The summed E-state index contributed by atoms with van der Waals surface area (Å²) in [6, 6.07) is -1.43. The van der Waals surface area contributed by atoms with Crippen molar-refractivity contribution in [3.8, 4) is 0 Å². The summed E-state index contributed by atoms with van der Waals surface area (Å²) >= 11 is 0. The number of rotatable bonds is 2. The number of nitro groups is 1. The maximum Gasteiger partial charge on any atom is 0.335 e. The van der Waals surface area contributed by atoms with E-state index in [2.05, 4.69) is 0 Å². The van der Waals surface area contributed by atoms with Crippen LogP contribution in [0.25, 0.3) is 0 Å². The van der Waals surface area contributed by atoms with Crippen molar-refractivity contribution in [1.82, 2.24) is 0 Å². The van der Waals surface area contributed by atoms with E-state index in [0.717, 1.165) is 6.08 Å². The monoisotopic (exact) mass is 187 g/mol. The van der Waals surface area contributed by atoms with Crippen LogP contribution in [-0.4, -0.2) is 22.0 Å². The van der Waals surface area contributed by atoms with Crippen molar-refractivity contribution in [2.24, 2.45) is 0 Å². The number of hydrogen-bond acceptors (Lipinski definition) is 3. The van der Waals surface area contributed by atoms with Crippen LogP contribution in [0.1, 0.15) is 6.42 Å². The smallest absolute Gasteiger partial charge is 0.335 e. The predicted octanol–water partition coefficient (Wildman–Crippen LogP) is 0.900. The van der Waals surface area contributed by atoms with E-state index in [4.69, 9.17) is 5.11 Å². The first-order valence-corrected chi connectivity index (χ1v) is 3.46. The van der Waals surface area contributed by atoms with Crippen molar-refractivity contribution in [1.29, 1.82) is 0 Å². The van der Waals surface area contributed by atoms with Crippen molar-refractivity contribution in [3.63, 3.8) is 0 Å². The SMILES string of the molecule is O=C(O)C1=CCC([N+](=O)[O-])C(F)=C1. The van der Waals surface area contributed by atoms with Crippen molar-refractivity contribution in [3.05, 3.63) is 33.7 Å². The van der Waals surface area contributed by atoms with Crippen LogP contribution in [0.15, 0.2) is 23.6 Å². The van der Waals surface area contributed by atoms with Gasteiger partial charge >= 0.3 is 5.97 Å². The number of carbonyl (C=O) groups is 1. The number of aliphatic carboxylic acids is 1. The molecule has 0 aromatic carbocycles. The quantitative estimate of drug-likeness (QED) is 0.514. The van der Waals surface area contributed by atoms with Crippen LogP contribution in [0.5, 0.6) is 0 Å². The van der Waals surface area contributed by atoms with Crippen LogP contribution >= 0.6 is 0 Å². The van der Waals surface area contributed by atoms with Gasteiger partial charge in [0, 0.05) is 11.3 Å². The average molecular weight is 187 g/mol. The van der Waals surface area contributed by atoms with Crippen molar-refractivity contribution >= 4 is 5.97 Å². The lowest BCUT2D eigenvalue weighted by molar-refractivity contribution is -0.514. The number of hydrogen-bond donors (Lipinski definition) is 1. The lowest BCUT2D eigenvalue weighted by Gasteiger charge is -2.09. The van der Waals surface area contributed by atoms with Gasteiger partial charge in [-0.1, -0.05) is 6.08 Å². The number of nitrogens with zero attached hydrogens (tertiary/aromatic N) is 1. The van der Waals surface area contributed by atoms with E-state index in [1.54, 1.807) is 0 Å². The number of halogens is 1. The molecule has 0 heterocycles. The second-order valence-electron chi connectivity index (χ2n) is 2.53. The molecule has 1 unspecified atom stereocenters. The fourth-order valence-electron chi connectivity index (χ4n) is 0.991. The Bertz CT molecular complexity index is 320. The molecule has 0 amide bonds. The Morgan fingerprint density at radius 3 is 2.77 bits per heavy atom. The zero-order chi connectivity index (χ0) is 10.0. The molecule has 0 saturated heterocycles. The first-order valence-electron chi connectivity index (χ1n) is 3.46. The van der Waals surface area contributed by atoms with Gasteiger partial charge in [-0.2, -0.15) is 0 Å². The summed E-state index contributed by atoms with van der Waals surface area (Å²) in [4.78, 5) is 19.7. The molecule has 1 N–H and O–H groups in total. The van der Waals surface area contributed by atoms with E-state index >= 15 is 0 Å². The summed E-state index contributed by atoms with van der Waals surface area (Å²) in [6.45, 7) is 0. The second kappa shape index (κ2) is 3.34. The zero-order valence-corrected chi connectivity index (χ0v) is 6.44. The van der Waals surface area contributed by atoms with E-state index < -0.39 is 22.8 Å². The van der Waals surface area contributed by atoms with E-state index in [-0.39, 0.29) is 12.0 Å². The Hall–Kier alpha value is -1.72. The number of carboxylic acids is 1. The maximum atomic E-state index is 12.8. The molecule has 0 fully saturated rings. The van der Waals surface area contributed by atoms with E-state index in [0.29, 0.717) is 6.08 Å². The topological polar surface area (TPSA) is 80.4 Å². The van der Waals surface area contributed by atoms with Gasteiger partial charge < -0.3 is 5.11 Å². The van der Waals surface area contributed by atoms with Gasteiger partial charge in [0.05, 0.1) is 5.57 Å². The van der Waals surface area contributed by atoms with Gasteiger partial charge in [0.25, 0.3) is 6.04 Å². The molecular weight excluding hydrogens is 181 g/mol. The Balaban J connectivity index is 2.86. The Morgan fingerprint density at radius 2 is 2.38 bits per heavy atom. The third-order valence-electron chi connectivity index (χ3n) is 1.67. The van der Waals surface area contributed by atoms with Crippen molar-refractivity contribution in [2.75, 3.05) is 0 Å². The van der Waals surface area contributed by atoms with Crippen LogP contribution in [0.4, 0.5) is 4.39 Å². The molecule has 1 aliphatic rings. The molecule has 6 heteroatoms. The minimum Gasteiger partial charge on any atom is -0.478 e. The Labute approximate surface area is 72.3 Å². The molecule has 0 aliphatic heterocycles. The van der Waals surface area contributed by atoms with E-state index in [1.165, 1.54) is 0 Å². The largest absolute Gasteiger partial charge is 0.478 e. The standard InChI is InChI=1S/C7H6FNO4/c8-5-3-4(7(10)11)1-2-6(5)9(12)13/h1,3,6H,2H2,(H,10,11). The molecule has 0 spiro atoms. The maximum absolute atomic E-state index is 12.8. The molecule has 1 aliphatic carbocycles. The third-order valence-corrected chi connectivity index (χ3v) is 1.67. The molecule has 1 atom stereocenters. The van der Waals surface area contributed by atoms with Gasteiger partial charge in [-0.15, -0.1) is 0 Å². The molecule has 0 aromatic rings. The summed E-state index contributed by atoms with van der Waals surface area (Å²) in [5.41, 5.74) is -0.240. The molecule has 0 radical (unpaired) electrons. The first-order chi connectivity index (χ1) is 6.02. The molecule has 0 bridgehead atoms. The highest BCUT2D eigenvalue weighted by Gasteiger charge is 2.29. The Kier molecular flexibility index (Phi) is 2.41. The lowest BCUT2D eigenvalue weighted by Crippen LogP contribution is -2.22. The Morgan fingerprint density at radius 1 is 1.77 bits per heavy atom. The van der Waals surface area contributed by atoms with E-state index in [9.17, 15) is 19.3 Å². The van der Waals surface area contributed by atoms with Gasteiger partial charge in [0.15, 0.2) is 5.83 Å². The minimum atomic E-state index is -1.43. The molecule has 70 valence electrons. The predicted molar refractivity (Wildman–Crippen MR) is 40.3 cm³/mol. The average Bonchev–Trinajstić information content (AvgIpc) is 2.03. The highest BCUT2D eigenvalue weighted by atomic mass is 19.1. The van der Waals surface area contributed by atoms with E-state index in [1.807, 2.05) is 0 Å². The van der Waals surface area contributed by atoms with Crippen LogP contribution in [0.2, 0.25) is 0 Å². The number of carboxylic acid groups (broad SMARTS) is 1. The van der Waals surface area contributed by atoms with Gasteiger partial charge in [0.1, 0.15) is 0 Å². The summed E-state index contributed by atoms with van der Waals surface area (Å²) in [6.07, 6.45) is 1.61. The normalized spacial score (nSPS) is 21.8. The van der Waals surface area contributed by atoms with Gasteiger partial charge in [-0.3, -0.25) is 10.1 Å². The summed E-state index contributed by atoms with van der Waals surface area (Å²) < 4.78 is 12.8. The molecular formula is C7H6FNO4. The molecule has 5 nitrogen and oxygen atoms in total. The molecule has 0 saturated carbocycles. The summed E-state index contributed by atoms with van der Waals surface area (Å²) in [5.74, 6) is -2.29. The van der Waals surface area contributed by atoms with Crippen molar-refractivity contribution in [2.45, 2.75) is 12.5 Å². The van der Waals surface area contributed by atoms with Crippen molar-refractivity contribution < 1.29 is 19.2 Å². The van der Waals surface area contributed by atoms with Gasteiger partial charge in [-0.05, 0) is 6.08 Å². The zero-order valence-electron chi connectivity index (χ0n) is 6.44. The van der Waals surface area contributed by atoms with Gasteiger partial charge in [0.2, 0.25) is 0 Å². The first kappa shape index (κ1) is 9.37. The minimum absolute atomic E-state index is 0.211. The van der Waals surface area contributed by atoms with Crippen LogP contribution in [0.3, 0.4) is 0 Å². The third kappa shape index (κ3) is 1.90. The second-order valence-corrected chi connectivity index (χ2v) is 2.53. The summed E-state index contributed by atoms with van der Waals surface area (Å²) in [5, 5.41) is 18.6. The molecule has 0 aromatic heterocycles. The fraction of sp³-hybridized carbons (Fsp3) is 0.286. The van der Waals surface area contributed by atoms with Gasteiger partial charge in [-0.25, -0.2) is 9.18 Å². The van der Waals surface area contributed by atoms with Crippen LogP contribution < -0.4 is 0 Å². The molecule has 1 rings (SSSR count). The van der Waals surface area contributed by atoms with Crippen LogP contribution in [0, 0.1) is 10.1 Å². The lowest BCUT2D eigenvalue weighted by atomic mass is 10.0. The highest BCUT2D eigenvalue weighted by Crippen LogP contribution is 2.21. The fourth-order valence-corrected chi connectivity index (χ4v) is 0.991.